The van der Waals surface area contributed by atoms with Crippen molar-refractivity contribution in [1.82, 2.24) is 0 Å². The Bertz CT molecular complexity index is 542. The maximum atomic E-state index is 11.8. The van der Waals surface area contributed by atoms with Crippen LogP contribution in [0.1, 0.15) is 26.2 Å². The van der Waals surface area contributed by atoms with Crippen molar-refractivity contribution in [2.45, 2.75) is 26.2 Å². The highest BCUT2D eigenvalue weighted by Crippen LogP contribution is 2.31. The van der Waals surface area contributed by atoms with E-state index in [2.05, 4.69) is 5.32 Å². The lowest BCUT2D eigenvalue weighted by Gasteiger charge is -2.25. The smallest absolute Gasteiger partial charge is 0.315 e. The summed E-state index contributed by atoms with van der Waals surface area (Å²) in [5, 5.41) is 11.9. The highest BCUT2D eigenvalue weighted by Gasteiger charge is 2.22. The van der Waals surface area contributed by atoms with Crippen LogP contribution in [0.25, 0.3) is 0 Å². The van der Waals surface area contributed by atoms with Gasteiger partial charge in [0.05, 0.1) is 12.3 Å². The molecule has 0 bridgehead atoms. The van der Waals surface area contributed by atoms with Crippen LogP contribution in [-0.4, -0.2) is 23.6 Å². The van der Waals surface area contributed by atoms with E-state index in [-0.39, 0.29) is 0 Å². The van der Waals surface area contributed by atoms with Gasteiger partial charge in [0, 0.05) is 5.02 Å². The van der Waals surface area contributed by atoms with Gasteiger partial charge in [-0.3, -0.25) is 9.59 Å². The first-order valence-electron chi connectivity index (χ1n) is 6.93. The van der Waals surface area contributed by atoms with Crippen LogP contribution in [0.15, 0.2) is 18.2 Å². The molecule has 1 aliphatic carbocycles. The lowest BCUT2D eigenvalue weighted by molar-refractivity contribution is -0.144. The van der Waals surface area contributed by atoms with Crippen LogP contribution in [0.4, 0.5) is 5.69 Å². The predicted octanol–water partition coefficient (Wildman–Crippen LogP) is 3.18. The molecule has 1 fully saturated rings. The third kappa shape index (κ3) is 4.11. The summed E-state index contributed by atoms with van der Waals surface area (Å²) >= 11 is 5.92. The molecule has 0 saturated heterocycles. The van der Waals surface area contributed by atoms with Gasteiger partial charge in [-0.25, -0.2) is 0 Å². The number of halogens is 1. The Balaban J connectivity index is 2.06. The maximum Gasteiger partial charge on any atom is 0.315 e. The van der Waals surface area contributed by atoms with Gasteiger partial charge in [0.15, 0.2) is 0 Å². The van der Waals surface area contributed by atoms with Gasteiger partial charge in [0.2, 0.25) is 5.91 Å². The molecule has 114 valence electrons. The number of amides is 1. The van der Waals surface area contributed by atoms with E-state index in [0.29, 0.717) is 29.0 Å². The van der Waals surface area contributed by atoms with Crippen molar-refractivity contribution in [3.05, 3.63) is 23.2 Å². The molecule has 21 heavy (non-hydrogen) atoms. The second-order valence-corrected chi connectivity index (χ2v) is 5.73. The van der Waals surface area contributed by atoms with Crippen LogP contribution in [0.3, 0.4) is 0 Å². The van der Waals surface area contributed by atoms with Crippen LogP contribution < -0.4 is 10.1 Å². The molecule has 1 saturated carbocycles. The van der Waals surface area contributed by atoms with Gasteiger partial charge in [0.25, 0.3) is 0 Å². The monoisotopic (exact) mass is 311 g/mol. The lowest BCUT2D eigenvalue weighted by atomic mass is 9.86. The number of hydrogen-bond acceptors (Lipinski definition) is 3. The van der Waals surface area contributed by atoms with Crippen LogP contribution in [0.2, 0.25) is 5.02 Å². The Morgan fingerprint density at radius 2 is 2.19 bits per heavy atom. The molecule has 6 heteroatoms. The molecule has 1 unspecified atom stereocenters. The van der Waals surface area contributed by atoms with Crippen LogP contribution in [-0.2, 0) is 9.59 Å². The molecule has 1 aromatic carbocycles. The zero-order valence-electron chi connectivity index (χ0n) is 11.8. The molecule has 1 atom stereocenters. The first-order valence-corrected chi connectivity index (χ1v) is 7.31. The largest absolute Gasteiger partial charge is 0.491 e. The number of hydrogen-bond donors (Lipinski definition) is 2. The van der Waals surface area contributed by atoms with E-state index in [9.17, 15) is 9.59 Å². The standard InChI is InChI=1S/C15H18ClNO4/c1-9(15(19)20)14(18)17-12-7-11(16)5-6-13(12)21-8-10-3-2-4-10/h5-7,9-10H,2-4,8H2,1H3,(H,17,18)(H,19,20). The average Bonchev–Trinajstić information content (AvgIpc) is 2.38. The summed E-state index contributed by atoms with van der Waals surface area (Å²) in [6, 6.07) is 4.92. The van der Waals surface area contributed by atoms with Crippen molar-refractivity contribution >= 4 is 29.2 Å². The number of carbonyl (C=O) groups excluding carboxylic acids is 1. The Labute approximate surface area is 128 Å². The molecule has 5 nitrogen and oxygen atoms in total. The molecule has 2 rings (SSSR count). The average molecular weight is 312 g/mol. The Morgan fingerprint density at radius 1 is 1.48 bits per heavy atom. The second kappa shape index (κ2) is 6.80. The first-order chi connectivity index (χ1) is 9.97. The van der Waals surface area contributed by atoms with E-state index in [0.717, 1.165) is 12.8 Å². The highest BCUT2D eigenvalue weighted by atomic mass is 35.5. The normalized spacial score (nSPS) is 15.9. The van der Waals surface area contributed by atoms with Crippen molar-refractivity contribution in [3.63, 3.8) is 0 Å². The third-order valence-electron chi connectivity index (χ3n) is 3.66. The van der Waals surface area contributed by atoms with Gasteiger partial charge in [-0.05, 0) is 43.9 Å². The number of rotatable bonds is 6. The van der Waals surface area contributed by atoms with Gasteiger partial charge in [-0.15, -0.1) is 0 Å². The summed E-state index contributed by atoms with van der Waals surface area (Å²) < 4.78 is 5.72. The van der Waals surface area contributed by atoms with Crippen molar-refractivity contribution < 1.29 is 19.4 Å². The van der Waals surface area contributed by atoms with E-state index >= 15 is 0 Å². The number of ether oxygens (including phenoxy) is 1. The van der Waals surface area contributed by atoms with E-state index in [4.69, 9.17) is 21.4 Å². The molecule has 0 spiro atoms. The predicted molar refractivity (Wildman–Crippen MR) is 79.7 cm³/mol. The molecular weight excluding hydrogens is 294 g/mol. The van der Waals surface area contributed by atoms with E-state index in [1.165, 1.54) is 13.3 Å². The van der Waals surface area contributed by atoms with Gasteiger partial charge < -0.3 is 15.2 Å². The zero-order valence-corrected chi connectivity index (χ0v) is 12.5. The van der Waals surface area contributed by atoms with Crippen molar-refractivity contribution in [1.29, 1.82) is 0 Å². The Kier molecular flexibility index (Phi) is 5.07. The molecular formula is C15H18ClNO4. The lowest BCUT2D eigenvalue weighted by Crippen LogP contribution is -2.27. The molecule has 0 radical (unpaired) electrons. The molecule has 1 aromatic rings. The summed E-state index contributed by atoms with van der Waals surface area (Å²) in [5.41, 5.74) is 0.403. The van der Waals surface area contributed by atoms with Crippen LogP contribution in [0, 0.1) is 11.8 Å². The molecule has 0 aliphatic heterocycles. The summed E-state index contributed by atoms with van der Waals surface area (Å²) in [7, 11) is 0. The molecule has 0 aromatic heterocycles. The Morgan fingerprint density at radius 3 is 2.76 bits per heavy atom. The number of benzene rings is 1. The van der Waals surface area contributed by atoms with Gasteiger partial charge >= 0.3 is 5.97 Å². The molecule has 1 aliphatic rings. The number of nitrogens with one attached hydrogen (secondary N) is 1. The number of anilines is 1. The fourth-order valence-corrected chi connectivity index (χ4v) is 2.12. The number of carboxylic acid groups (broad SMARTS) is 1. The van der Waals surface area contributed by atoms with Crippen LogP contribution in [0.5, 0.6) is 5.75 Å². The Hall–Kier alpha value is -1.75. The minimum atomic E-state index is -1.17. The van der Waals surface area contributed by atoms with Crippen LogP contribution >= 0.6 is 11.6 Å². The zero-order chi connectivity index (χ0) is 15.4. The number of carboxylic acids is 1. The van der Waals surface area contributed by atoms with Gasteiger partial charge in [-0.1, -0.05) is 18.0 Å². The minimum Gasteiger partial charge on any atom is -0.491 e. The maximum absolute atomic E-state index is 11.8. The first kappa shape index (κ1) is 15.6. The SMILES string of the molecule is CC(C(=O)O)C(=O)Nc1cc(Cl)ccc1OCC1CCC1. The molecule has 2 N–H and O–H groups in total. The summed E-state index contributed by atoms with van der Waals surface area (Å²) in [5.74, 6) is -1.84. The van der Waals surface area contributed by atoms with Crippen molar-refractivity contribution in [2.75, 3.05) is 11.9 Å². The number of carbonyl (C=O) groups is 2. The summed E-state index contributed by atoms with van der Waals surface area (Å²) in [4.78, 5) is 22.7. The second-order valence-electron chi connectivity index (χ2n) is 5.30. The fourth-order valence-electron chi connectivity index (χ4n) is 1.95. The fraction of sp³-hybridized carbons (Fsp3) is 0.467. The van der Waals surface area contributed by atoms with E-state index in [1.54, 1.807) is 18.2 Å². The number of aliphatic carboxylic acids is 1. The van der Waals surface area contributed by atoms with Gasteiger partial charge in [-0.2, -0.15) is 0 Å². The van der Waals surface area contributed by atoms with Crippen molar-refractivity contribution in [3.8, 4) is 5.75 Å². The summed E-state index contributed by atoms with van der Waals surface area (Å²) in [6.45, 7) is 1.93. The van der Waals surface area contributed by atoms with E-state index < -0.39 is 17.8 Å². The highest BCUT2D eigenvalue weighted by molar-refractivity contribution is 6.31. The van der Waals surface area contributed by atoms with Gasteiger partial charge in [0.1, 0.15) is 11.7 Å². The minimum absolute atomic E-state index is 0.403. The summed E-state index contributed by atoms with van der Waals surface area (Å²) in [6.07, 6.45) is 3.55. The molecule has 1 amide bonds. The third-order valence-corrected chi connectivity index (χ3v) is 3.90. The topological polar surface area (TPSA) is 75.6 Å². The quantitative estimate of drug-likeness (QED) is 0.791. The van der Waals surface area contributed by atoms with Crippen molar-refractivity contribution in [2.24, 2.45) is 11.8 Å². The van der Waals surface area contributed by atoms with E-state index in [1.807, 2.05) is 0 Å². The molecule has 0 heterocycles.